The second kappa shape index (κ2) is 10.4. The van der Waals surface area contributed by atoms with Crippen LogP contribution in [0, 0.1) is 5.82 Å². The summed E-state index contributed by atoms with van der Waals surface area (Å²) < 4.78 is 32.8. The molecule has 4 unspecified atom stereocenters. The van der Waals surface area contributed by atoms with E-state index in [1.54, 1.807) is 35.3 Å². The number of rotatable bonds is 8. The first kappa shape index (κ1) is 22.0. The van der Waals surface area contributed by atoms with Crippen LogP contribution in [0.1, 0.15) is 36.4 Å². The first-order valence-electron chi connectivity index (χ1n) is 10.0. The molecule has 0 bridgehead atoms. The third kappa shape index (κ3) is 5.95. The van der Waals surface area contributed by atoms with Crippen molar-refractivity contribution >= 4 is 23.2 Å². The maximum atomic E-state index is 13.1. The first-order valence-corrected chi connectivity index (χ1v) is 10.8. The van der Waals surface area contributed by atoms with Crippen LogP contribution in [-0.4, -0.2) is 33.8 Å². The van der Waals surface area contributed by atoms with Gasteiger partial charge in [0.15, 0.2) is 11.8 Å². The second-order valence-corrected chi connectivity index (χ2v) is 8.12. The highest BCUT2D eigenvalue weighted by atomic mass is 35.5. The summed E-state index contributed by atoms with van der Waals surface area (Å²) in [5, 5.41) is 4.76. The van der Waals surface area contributed by atoms with Gasteiger partial charge in [-0.25, -0.2) is 14.1 Å². The van der Waals surface area contributed by atoms with Crippen LogP contribution in [0.3, 0.4) is 0 Å². The van der Waals surface area contributed by atoms with Crippen LogP contribution in [0.5, 0.6) is 5.75 Å². The van der Waals surface area contributed by atoms with E-state index in [4.69, 9.17) is 37.4 Å². The fraction of sp³-hybridized carbons (Fsp3) is 0.364. The quantitative estimate of drug-likeness (QED) is 0.408. The minimum absolute atomic E-state index is 0.144. The minimum atomic E-state index is -0.622. The maximum Gasteiger partial charge on any atom is 0.159 e. The van der Waals surface area contributed by atoms with Crippen LogP contribution >= 0.6 is 23.2 Å². The molecule has 1 aliphatic rings. The Morgan fingerprint density at radius 2 is 1.90 bits per heavy atom. The number of ether oxygens (including phenoxy) is 3. The Hall–Kier alpha value is -2.19. The van der Waals surface area contributed by atoms with Crippen molar-refractivity contribution in [2.75, 3.05) is 6.61 Å². The summed E-state index contributed by atoms with van der Waals surface area (Å²) in [6.07, 6.45) is 4.35. The Balaban J connectivity index is 1.42. The zero-order valence-corrected chi connectivity index (χ0v) is 18.1. The van der Waals surface area contributed by atoms with Crippen molar-refractivity contribution in [3.63, 3.8) is 0 Å². The van der Waals surface area contributed by atoms with Crippen molar-refractivity contribution in [2.45, 2.75) is 43.3 Å². The summed E-state index contributed by atoms with van der Waals surface area (Å²) in [6.45, 7) is 0.352. The lowest BCUT2D eigenvalue weighted by Gasteiger charge is -2.34. The van der Waals surface area contributed by atoms with Crippen LogP contribution in [0.2, 0.25) is 5.02 Å². The Kier molecular flexibility index (Phi) is 7.40. The van der Waals surface area contributed by atoms with Gasteiger partial charge >= 0.3 is 0 Å². The van der Waals surface area contributed by atoms with Gasteiger partial charge in [0.05, 0.1) is 6.10 Å². The standard InChI is InChI=1S/C22H22Cl2FN3O3/c23-16-6-4-15(5-7-16)21(22(24)28-14-26-13-27-28)31-20-3-1-2-19(30-20)12-29-18-10-8-17(25)9-11-18/h4-11,13-14,19-22H,1-3,12H2. The van der Waals surface area contributed by atoms with E-state index in [1.807, 2.05) is 12.1 Å². The van der Waals surface area contributed by atoms with Crippen LogP contribution in [0.15, 0.2) is 61.2 Å². The van der Waals surface area contributed by atoms with E-state index in [1.165, 1.54) is 18.5 Å². The zero-order valence-electron chi connectivity index (χ0n) is 16.6. The smallest absolute Gasteiger partial charge is 0.159 e. The molecule has 0 N–H and O–H groups in total. The monoisotopic (exact) mass is 465 g/mol. The van der Waals surface area contributed by atoms with E-state index in [-0.39, 0.29) is 11.9 Å². The molecule has 6 nitrogen and oxygen atoms in total. The van der Waals surface area contributed by atoms with Crippen molar-refractivity contribution in [3.05, 3.63) is 77.6 Å². The third-order valence-corrected chi connectivity index (χ3v) is 5.68. The molecular weight excluding hydrogens is 444 g/mol. The first-order chi connectivity index (χ1) is 15.1. The molecule has 0 aliphatic carbocycles. The highest BCUT2D eigenvalue weighted by Crippen LogP contribution is 2.36. The number of hydrogen-bond donors (Lipinski definition) is 0. The number of nitrogens with zero attached hydrogens (tertiary/aromatic N) is 3. The Labute approximate surface area is 189 Å². The predicted octanol–water partition coefficient (Wildman–Crippen LogP) is 5.54. The molecule has 9 heteroatoms. The topological polar surface area (TPSA) is 58.4 Å². The number of halogens is 3. The molecule has 0 spiro atoms. The van der Waals surface area contributed by atoms with Crippen molar-refractivity contribution in [2.24, 2.45) is 0 Å². The molecule has 0 saturated carbocycles. The molecule has 0 radical (unpaired) electrons. The Morgan fingerprint density at radius 1 is 1.13 bits per heavy atom. The van der Waals surface area contributed by atoms with Gasteiger partial charge in [-0.3, -0.25) is 0 Å². The molecule has 1 aromatic heterocycles. The zero-order chi connectivity index (χ0) is 21.6. The highest BCUT2D eigenvalue weighted by Gasteiger charge is 2.31. The van der Waals surface area contributed by atoms with E-state index in [2.05, 4.69) is 10.1 Å². The number of benzene rings is 2. The van der Waals surface area contributed by atoms with Crippen molar-refractivity contribution in [3.8, 4) is 5.75 Å². The summed E-state index contributed by atoms with van der Waals surface area (Å²) in [6, 6.07) is 13.2. The van der Waals surface area contributed by atoms with E-state index >= 15 is 0 Å². The number of aromatic nitrogens is 3. The summed E-state index contributed by atoms with van der Waals surface area (Å²) >= 11 is 12.7. The van der Waals surface area contributed by atoms with Gasteiger partial charge in [0, 0.05) is 5.02 Å². The number of hydrogen-bond acceptors (Lipinski definition) is 5. The second-order valence-electron chi connectivity index (χ2n) is 7.24. The maximum absolute atomic E-state index is 13.1. The molecule has 3 aromatic rings. The largest absolute Gasteiger partial charge is 0.491 e. The van der Waals surface area contributed by atoms with E-state index in [9.17, 15) is 4.39 Å². The van der Waals surface area contributed by atoms with Gasteiger partial charge in [-0.2, -0.15) is 5.10 Å². The number of alkyl halides is 1. The summed E-state index contributed by atoms with van der Waals surface area (Å²) in [7, 11) is 0. The molecular formula is C22H22Cl2FN3O3. The molecule has 1 fully saturated rings. The molecule has 2 aromatic carbocycles. The van der Waals surface area contributed by atoms with Gasteiger partial charge in [0.1, 0.15) is 36.9 Å². The molecule has 4 atom stereocenters. The average molecular weight is 466 g/mol. The third-order valence-electron chi connectivity index (χ3n) is 5.00. The summed E-state index contributed by atoms with van der Waals surface area (Å²) in [5.41, 5.74) is 0.233. The lowest BCUT2D eigenvalue weighted by atomic mass is 10.1. The fourth-order valence-electron chi connectivity index (χ4n) is 3.41. The van der Waals surface area contributed by atoms with Crippen molar-refractivity contribution in [1.29, 1.82) is 0 Å². The van der Waals surface area contributed by atoms with Gasteiger partial charge < -0.3 is 14.2 Å². The molecule has 1 saturated heterocycles. The van der Waals surface area contributed by atoms with Crippen LogP contribution in [0.4, 0.5) is 4.39 Å². The van der Waals surface area contributed by atoms with E-state index in [0.717, 1.165) is 24.8 Å². The average Bonchev–Trinajstić information content (AvgIpc) is 3.33. The molecule has 31 heavy (non-hydrogen) atoms. The summed E-state index contributed by atoms with van der Waals surface area (Å²) in [5.74, 6) is 0.296. The van der Waals surface area contributed by atoms with Crippen molar-refractivity contribution in [1.82, 2.24) is 14.8 Å². The lowest BCUT2D eigenvalue weighted by molar-refractivity contribution is -0.224. The van der Waals surface area contributed by atoms with Crippen molar-refractivity contribution < 1.29 is 18.6 Å². The predicted molar refractivity (Wildman–Crippen MR) is 115 cm³/mol. The van der Waals surface area contributed by atoms with E-state index in [0.29, 0.717) is 17.4 Å². The molecule has 4 rings (SSSR count). The van der Waals surface area contributed by atoms with Crippen LogP contribution in [-0.2, 0) is 9.47 Å². The van der Waals surface area contributed by atoms with Gasteiger partial charge in [0.25, 0.3) is 0 Å². The highest BCUT2D eigenvalue weighted by molar-refractivity contribution is 6.30. The van der Waals surface area contributed by atoms with Gasteiger partial charge in [-0.1, -0.05) is 35.3 Å². The van der Waals surface area contributed by atoms with E-state index < -0.39 is 17.9 Å². The van der Waals surface area contributed by atoms with Gasteiger partial charge in [-0.05, 0) is 61.2 Å². The minimum Gasteiger partial charge on any atom is -0.491 e. The SMILES string of the molecule is Fc1ccc(OCC2CCCC(OC(c3ccc(Cl)cc3)C(Cl)n3cncn3)O2)cc1. The molecule has 0 amide bonds. The normalized spacial score (nSPS) is 20.9. The fourth-order valence-corrected chi connectivity index (χ4v) is 3.84. The summed E-state index contributed by atoms with van der Waals surface area (Å²) in [4.78, 5) is 3.97. The van der Waals surface area contributed by atoms with Crippen LogP contribution < -0.4 is 4.74 Å². The lowest BCUT2D eigenvalue weighted by Crippen LogP contribution is -2.35. The molecule has 1 aliphatic heterocycles. The van der Waals surface area contributed by atoms with Gasteiger partial charge in [-0.15, -0.1) is 0 Å². The molecule has 2 heterocycles. The Morgan fingerprint density at radius 3 is 2.61 bits per heavy atom. The molecule has 164 valence electrons. The van der Waals surface area contributed by atoms with Gasteiger partial charge in [0.2, 0.25) is 0 Å². The van der Waals surface area contributed by atoms with Crippen LogP contribution in [0.25, 0.3) is 0 Å². The Bertz CT molecular complexity index is 942.